The Morgan fingerprint density at radius 2 is 1.75 bits per heavy atom. The maximum absolute atomic E-state index is 12.7. The first kappa shape index (κ1) is 22.5. The van der Waals surface area contributed by atoms with Crippen LogP contribution in [0.4, 0.5) is 17.6 Å². The normalized spacial score (nSPS) is 11.8. The monoisotopic (exact) mass is 450 g/mol. The molecule has 0 unspecified atom stereocenters. The van der Waals surface area contributed by atoms with Crippen LogP contribution in [0.5, 0.6) is 11.5 Å². The maximum atomic E-state index is 12.7. The minimum Gasteiger partial charge on any atom is -0.435 e. The van der Waals surface area contributed by atoms with Crippen LogP contribution in [0.25, 0.3) is 5.82 Å². The van der Waals surface area contributed by atoms with E-state index in [0.717, 1.165) is 18.2 Å². The van der Waals surface area contributed by atoms with Crippen molar-refractivity contribution in [1.82, 2.24) is 25.1 Å². The number of aromatic nitrogens is 4. The predicted octanol–water partition coefficient (Wildman–Crippen LogP) is 3.23. The van der Waals surface area contributed by atoms with Gasteiger partial charge in [-0.3, -0.25) is 4.79 Å². The standard InChI is InChI=1S/C19H14F4N6O3/c1-10(16-26-9-27-29(16)15-3-2-11(7-24)8-25-15)28-17(30)12-4-13(31-18(20)21)6-14(5-12)32-19(22)23/h2-6,8-10,18-19H,1H3,(H,28,30)/t10-/m0/s1. The zero-order valence-electron chi connectivity index (χ0n) is 16.2. The van der Waals surface area contributed by atoms with Gasteiger partial charge in [-0.2, -0.15) is 32.6 Å². The molecule has 9 nitrogen and oxygen atoms in total. The lowest BCUT2D eigenvalue weighted by molar-refractivity contribution is -0.0543. The van der Waals surface area contributed by atoms with E-state index in [0.29, 0.717) is 11.4 Å². The predicted molar refractivity (Wildman–Crippen MR) is 99.5 cm³/mol. The van der Waals surface area contributed by atoms with Gasteiger partial charge in [0, 0.05) is 17.8 Å². The number of carbonyl (C=O) groups excluding carboxylic acids is 1. The molecule has 1 atom stereocenters. The third-order valence-corrected chi connectivity index (χ3v) is 4.00. The summed E-state index contributed by atoms with van der Waals surface area (Å²) in [5.41, 5.74) is 0.0812. The first-order valence-electron chi connectivity index (χ1n) is 8.89. The van der Waals surface area contributed by atoms with Gasteiger partial charge < -0.3 is 14.8 Å². The SMILES string of the molecule is C[C@H](NC(=O)c1cc(OC(F)F)cc(OC(F)F)c1)c1ncnn1-c1ccc(C#N)cn1. The molecule has 0 bridgehead atoms. The van der Waals surface area contributed by atoms with Gasteiger partial charge in [0.25, 0.3) is 5.91 Å². The summed E-state index contributed by atoms with van der Waals surface area (Å²) in [4.78, 5) is 20.8. The molecule has 166 valence electrons. The number of pyridine rings is 1. The number of ether oxygens (including phenoxy) is 2. The van der Waals surface area contributed by atoms with E-state index in [1.54, 1.807) is 6.92 Å². The van der Waals surface area contributed by atoms with Crippen molar-refractivity contribution in [2.45, 2.75) is 26.2 Å². The highest BCUT2D eigenvalue weighted by molar-refractivity contribution is 5.95. The van der Waals surface area contributed by atoms with E-state index in [9.17, 15) is 22.4 Å². The van der Waals surface area contributed by atoms with Crippen molar-refractivity contribution in [3.8, 4) is 23.4 Å². The van der Waals surface area contributed by atoms with Gasteiger partial charge in [0.2, 0.25) is 0 Å². The van der Waals surface area contributed by atoms with Crippen molar-refractivity contribution in [1.29, 1.82) is 5.26 Å². The van der Waals surface area contributed by atoms with Crippen molar-refractivity contribution in [3.63, 3.8) is 0 Å². The summed E-state index contributed by atoms with van der Waals surface area (Å²) in [5.74, 6) is -1.25. The molecule has 1 N–H and O–H groups in total. The Morgan fingerprint density at radius 1 is 1.09 bits per heavy atom. The Hall–Kier alpha value is -4.21. The molecule has 2 heterocycles. The number of carbonyl (C=O) groups is 1. The molecule has 32 heavy (non-hydrogen) atoms. The van der Waals surface area contributed by atoms with Crippen LogP contribution in [0.3, 0.4) is 0 Å². The zero-order valence-corrected chi connectivity index (χ0v) is 16.2. The maximum Gasteiger partial charge on any atom is 0.387 e. The van der Waals surface area contributed by atoms with Crippen LogP contribution >= 0.6 is 0 Å². The van der Waals surface area contributed by atoms with Gasteiger partial charge in [0.05, 0.1) is 11.6 Å². The molecule has 13 heteroatoms. The number of nitrogens with one attached hydrogen (secondary N) is 1. The highest BCUT2D eigenvalue weighted by atomic mass is 19.3. The zero-order chi connectivity index (χ0) is 23.3. The Kier molecular flexibility index (Phi) is 6.83. The molecule has 1 aromatic carbocycles. The van der Waals surface area contributed by atoms with E-state index in [1.807, 2.05) is 6.07 Å². The fourth-order valence-corrected chi connectivity index (χ4v) is 2.69. The van der Waals surface area contributed by atoms with Crippen LogP contribution in [0.1, 0.15) is 34.7 Å². The number of benzene rings is 1. The molecule has 3 aromatic rings. The van der Waals surface area contributed by atoms with Gasteiger partial charge in [0.15, 0.2) is 11.6 Å². The summed E-state index contributed by atoms with van der Waals surface area (Å²) in [6, 6.07) is 6.95. The highest BCUT2D eigenvalue weighted by Gasteiger charge is 2.20. The van der Waals surface area contributed by atoms with Crippen LogP contribution < -0.4 is 14.8 Å². The summed E-state index contributed by atoms with van der Waals surface area (Å²) in [5, 5.41) is 15.5. The molecule has 0 fully saturated rings. The van der Waals surface area contributed by atoms with Crippen molar-refractivity contribution in [2.75, 3.05) is 0 Å². The van der Waals surface area contributed by atoms with Crippen LogP contribution in [0, 0.1) is 11.3 Å². The quantitative estimate of drug-likeness (QED) is 0.524. The van der Waals surface area contributed by atoms with Crippen molar-refractivity contribution in [2.24, 2.45) is 0 Å². The van der Waals surface area contributed by atoms with Gasteiger partial charge in [-0.25, -0.2) is 9.97 Å². The summed E-state index contributed by atoms with van der Waals surface area (Å²) in [6.45, 7) is -4.90. The molecule has 0 aliphatic heterocycles. The number of alkyl halides is 4. The first-order chi connectivity index (χ1) is 15.3. The lowest BCUT2D eigenvalue weighted by atomic mass is 10.1. The smallest absolute Gasteiger partial charge is 0.387 e. The third-order valence-electron chi connectivity index (χ3n) is 4.00. The van der Waals surface area contributed by atoms with Crippen molar-refractivity contribution in [3.05, 3.63) is 59.8 Å². The van der Waals surface area contributed by atoms with Gasteiger partial charge in [0.1, 0.15) is 23.9 Å². The topological polar surface area (TPSA) is 115 Å². The second-order valence-electron chi connectivity index (χ2n) is 6.19. The molecule has 1 amide bonds. The van der Waals surface area contributed by atoms with E-state index < -0.39 is 36.7 Å². The van der Waals surface area contributed by atoms with E-state index in [1.165, 1.54) is 29.3 Å². The number of rotatable bonds is 8. The number of hydrogen-bond donors (Lipinski definition) is 1. The second kappa shape index (κ2) is 9.73. The minimum atomic E-state index is -3.23. The second-order valence-corrected chi connectivity index (χ2v) is 6.19. The van der Waals surface area contributed by atoms with Gasteiger partial charge in [-0.05, 0) is 31.2 Å². The lowest BCUT2D eigenvalue weighted by Gasteiger charge is -2.16. The summed E-state index contributed by atoms with van der Waals surface area (Å²) >= 11 is 0. The molecule has 0 aliphatic carbocycles. The van der Waals surface area contributed by atoms with Crippen molar-refractivity contribution >= 4 is 5.91 Å². The number of nitriles is 1. The summed E-state index contributed by atoms with van der Waals surface area (Å²) in [6.07, 6.45) is 2.56. The Balaban J connectivity index is 1.83. The number of hydrogen-bond acceptors (Lipinski definition) is 7. The van der Waals surface area contributed by atoms with E-state index in [2.05, 4.69) is 29.9 Å². The van der Waals surface area contributed by atoms with E-state index in [4.69, 9.17) is 5.26 Å². The fourth-order valence-electron chi connectivity index (χ4n) is 2.69. The Morgan fingerprint density at radius 3 is 2.28 bits per heavy atom. The summed E-state index contributed by atoms with van der Waals surface area (Å²) < 4.78 is 59.9. The van der Waals surface area contributed by atoms with Crippen LogP contribution in [-0.4, -0.2) is 38.9 Å². The lowest BCUT2D eigenvalue weighted by Crippen LogP contribution is -2.29. The van der Waals surface area contributed by atoms with Crippen LogP contribution in [0.15, 0.2) is 42.9 Å². The molecule has 2 aromatic heterocycles. The molecule has 0 aliphatic rings. The van der Waals surface area contributed by atoms with E-state index >= 15 is 0 Å². The average Bonchev–Trinajstić information content (AvgIpc) is 3.22. The molecule has 0 radical (unpaired) electrons. The van der Waals surface area contributed by atoms with Gasteiger partial charge in [-0.1, -0.05) is 0 Å². The average molecular weight is 450 g/mol. The Labute approximate surface area is 178 Å². The molecule has 0 spiro atoms. The van der Waals surface area contributed by atoms with Crippen LogP contribution in [0.2, 0.25) is 0 Å². The molecule has 0 saturated carbocycles. The third kappa shape index (κ3) is 5.48. The minimum absolute atomic E-state index is 0.256. The first-order valence-corrected chi connectivity index (χ1v) is 8.89. The largest absolute Gasteiger partial charge is 0.435 e. The number of amides is 1. The van der Waals surface area contributed by atoms with E-state index in [-0.39, 0.29) is 11.4 Å². The van der Waals surface area contributed by atoms with Gasteiger partial charge >= 0.3 is 13.2 Å². The summed E-state index contributed by atoms with van der Waals surface area (Å²) in [7, 11) is 0. The number of halogens is 4. The highest BCUT2D eigenvalue weighted by Crippen LogP contribution is 2.26. The van der Waals surface area contributed by atoms with Crippen LogP contribution in [-0.2, 0) is 0 Å². The molecule has 3 rings (SSSR count). The van der Waals surface area contributed by atoms with Crippen molar-refractivity contribution < 1.29 is 31.8 Å². The Bertz CT molecular complexity index is 1100. The number of nitrogens with zero attached hydrogens (tertiary/aromatic N) is 5. The fraction of sp³-hybridized carbons (Fsp3) is 0.211. The molecule has 0 saturated heterocycles. The molecular weight excluding hydrogens is 436 g/mol. The van der Waals surface area contributed by atoms with Gasteiger partial charge in [-0.15, -0.1) is 0 Å². The molecular formula is C19H14F4N6O3.